The van der Waals surface area contributed by atoms with Gasteiger partial charge in [0.05, 0.1) is 4.92 Å². The first-order chi connectivity index (χ1) is 8.50. The first-order valence-corrected chi connectivity index (χ1v) is 4.94. The number of aromatic nitrogens is 1. The zero-order valence-corrected chi connectivity index (χ0v) is 9.28. The molecule has 0 atom stereocenters. The monoisotopic (exact) mass is 248 g/mol. The third-order valence-corrected chi connectivity index (χ3v) is 2.46. The number of hydrogen-bond donors (Lipinski definition) is 1. The van der Waals surface area contributed by atoms with Crippen molar-refractivity contribution in [1.82, 2.24) is 4.98 Å². The summed E-state index contributed by atoms with van der Waals surface area (Å²) in [7, 11) is 0. The lowest BCUT2D eigenvalue weighted by Gasteiger charge is -2.01. The average Bonchev–Trinajstić information content (AvgIpc) is 2.78. The highest BCUT2D eigenvalue weighted by Gasteiger charge is 2.18. The van der Waals surface area contributed by atoms with Gasteiger partial charge in [0.1, 0.15) is 6.26 Å². The summed E-state index contributed by atoms with van der Waals surface area (Å²) in [5.41, 5.74) is 0.469. The Morgan fingerprint density at radius 3 is 2.78 bits per heavy atom. The van der Waals surface area contributed by atoms with Gasteiger partial charge in [-0.2, -0.15) is 0 Å². The van der Waals surface area contributed by atoms with Gasteiger partial charge in [-0.15, -0.1) is 0 Å². The molecule has 0 unspecified atom stereocenters. The largest absolute Gasteiger partial charge is 0.476 e. The number of carboxylic acid groups (broad SMARTS) is 1. The Morgan fingerprint density at radius 1 is 1.50 bits per heavy atom. The van der Waals surface area contributed by atoms with Gasteiger partial charge < -0.3 is 9.52 Å². The summed E-state index contributed by atoms with van der Waals surface area (Å²) in [6.07, 6.45) is 0.996. The van der Waals surface area contributed by atoms with E-state index in [1.54, 1.807) is 13.0 Å². The molecule has 7 nitrogen and oxygen atoms in total. The van der Waals surface area contributed by atoms with E-state index in [0.717, 1.165) is 6.26 Å². The highest BCUT2D eigenvalue weighted by molar-refractivity contribution is 5.85. The van der Waals surface area contributed by atoms with Crippen molar-refractivity contribution in [2.75, 3.05) is 0 Å². The minimum absolute atomic E-state index is 0.0496. The molecule has 0 amide bonds. The number of hydrogen-bond acceptors (Lipinski definition) is 5. The van der Waals surface area contributed by atoms with E-state index in [-0.39, 0.29) is 17.3 Å². The fourth-order valence-corrected chi connectivity index (χ4v) is 1.55. The minimum atomic E-state index is -1.21. The number of rotatable bonds is 3. The third-order valence-electron chi connectivity index (χ3n) is 2.46. The highest BCUT2D eigenvalue weighted by Crippen LogP contribution is 2.29. The molecule has 2 aromatic rings. The summed E-state index contributed by atoms with van der Waals surface area (Å²) >= 11 is 0. The second-order valence-electron chi connectivity index (χ2n) is 3.55. The third kappa shape index (κ3) is 1.93. The molecule has 0 saturated carbocycles. The van der Waals surface area contributed by atoms with Crippen molar-refractivity contribution in [2.45, 2.75) is 6.92 Å². The van der Waals surface area contributed by atoms with Crippen LogP contribution in [0.25, 0.3) is 11.5 Å². The Bertz CT molecular complexity index is 632. The van der Waals surface area contributed by atoms with Crippen molar-refractivity contribution in [2.24, 2.45) is 0 Å². The Labute approximate surface area is 101 Å². The molecule has 1 aromatic heterocycles. The van der Waals surface area contributed by atoms with Gasteiger partial charge in [0.15, 0.2) is 5.69 Å². The molecule has 0 aliphatic rings. The second-order valence-corrected chi connectivity index (χ2v) is 3.55. The smallest absolute Gasteiger partial charge is 0.357 e. The summed E-state index contributed by atoms with van der Waals surface area (Å²) in [5, 5.41) is 19.5. The van der Waals surface area contributed by atoms with Crippen molar-refractivity contribution in [3.63, 3.8) is 0 Å². The predicted octanol–water partition coefficient (Wildman–Crippen LogP) is 2.26. The van der Waals surface area contributed by atoms with E-state index in [2.05, 4.69) is 4.98 Å². The van der Waals surface area contributed by atoms with Crippen LogP contribution in [0, 0.1) is 17.0 Å². The van der Waals surface area contributed by atoms with Gasteiger partial charge in [-0.3, -0.25) is 10.1 Å². The molecule has 0 bridgehead atoms. The maximum atomic E-state index is 10.8. The Balaban J connectivity index is 2.53. The number of aromatic carboxylic acids is 1. The SMILES string of the molecule is Cc1c(-c2nc(C(=O)O)co2)cccc1[N+](=O)[O-]. The van der Waals surface area contributed by atoms with Crippen LogP contribution in [-0.4, -0.2) is 21.0 Å². The molecular formula is C11H8N2O5. The number of nitro benzene ring substituents is 1. The number of benzene rings is 1. The van der Waals surface area contributed by atoms with E-state index < -0.39 is 10.9 Å². The fourth-order valence-electron chi connectivity index (χ4n) is 1.55. The van der Waals surface area contributed by atoms with E-state index in [1.165, 1.54) is 12.1 Å². The van der Waals surface area contributed by atoms with Gasteiger partial charge in [-0.05, 0) is 13.0 Å². The highest BCUT2D eigenvalue weighted by atomic mass is 16.6. The van der Waals surface area contributed by atoms with Crippen LogP contribution in [0.15, 0.2) is 28.9 Å². The van der Waals surface area contributed by atoms with E-state index in [9.17, 15) is 14.9 Å². The molecule has 1 aromatic carbocycles. The average molecular weight is 248 g/mol. The Kier molecular flexibility index (Phi) is 2.80. The van der Waals surface area contributed by atoms with Crippen LogP contribution in [-0.2, 0) is 0 Å². The molecule has 1 N–H and O–H groups in total. The van der Waals surface area contributed by atoms with E-state index >= 15 is 0 Å². The van der Waals surface area contributed by atoms with Gasteiger partial charge in [-0.25, -0.2) is 9.78 Å². The van der Waals surface area contributed by atoms with Crippen molar-refractivity contribution >= 4 is 11.7 Å². The number of carboxylic acids is 1. The summed E-state index contributed by atoms with van der Waals surface area (Å²) in [5.74, 6) is -1.17. The van der Waals surface area contributed by atoms with Gasteiger partial charge in [0.2, 0.25) is 5.89 Å². The van der Waals surface area contributed by atoms with Crippen LogP contribution in [0.5, 0.6) is 0 Å². The molecule has 0 fully saturated rings. The van der Waals surface area contributed by atoms with Crippen LogP contribution >= 0.6 is 0 Å². The maximum Gasteiger partial charge on any atom is 0.357 e. The lowest BCUT2D eigenvalue weighted by molar-refractivity contribution is -0.385. The molecule has 2 rings (SSSR count). The molecule has 0 aliphatic carbocycles. The molecule has 0 spiro atoms. The van der Waals surface area contributed by atoms with E-state index in [4.69, 9.17) is 9.52 Å². The van der Waals surface area contributed by atoms with Gasteiger partial charge in [0.25, 0.3) is 5.69 Å². The molecule has 1 heterocycles. The molecule has 0 saturated heterocycles. The zero-order chi connectivity index (χ0) is 13.3. The maximum absolute atomic E-state index is 10.8. The first kappa shape index (κ1) is 11.8. The second kappa shape index (κ2) is 4.28. The van der Waals surface area contributed by atoms with Crippen LogP contribution in [0.2, 0.25) is 0 Å². The van der Waals surface area contributed by atoms with Gasteiger partial charge >= 0.3 is 5.97 Å². The lowest BCUT2D eigenvalue weighted by atomic mass is 10.1. The molecule has 0 radical (unpaired) electrons. The number of nitro groups is 1. The summed E-state index contributed by atoms with van der Waals surface area (Å²) < 4.78 is 5.01. The topological polar surface area (TPSA) is 106 Å². The van der Waals surface area contributed by atoms with Crippen molar-refractivity contribution in [1.29, 1.82) is 0 Å². The predicted molar refractivity (Wildman–Crippen MR) is 60.3 cm³/mol. The molecule has 18 heavy (non-hydrogen) atoms. The summed E-state index contributed by atoms with van der Waals surface area (Å²) in [6.45, 7) is 1.55. The molecule has 7 heteroatoms. The Hall–Kier alpha value is -2.70. The quantitative estimate of drug-likeness (QED) is 0.659. The normalized spacial score (nSPS) is 10.3. The summed E-state index contributed by atoms with van der Waals surface area (Å²) in [4.78, 5) is 24.7. The van der Waals surface area contributed by atoms with E-state index in [1.807, 2.05) is 0 Å². The first-order valence-electron chi connectivity index (χ1n) is 4.94. The zero-order valence-electron chi connectivity index (χ0n) is 9.28. The minimum Gasteiger partial charge on any atom is -0.476 e. The summed E-state index contributed by atoms with van der Waals surface area (Å²) in [6, 6.07) is 4.44. The lowest BCUT2D eigenvalue weighted by Crippen LogP contribution is -1.97. The van der Waals surface area contributed by atoms with Crippen molar-refractivity contribution in [3.8, 4) is 11.5 Å². The number of oxazole rings is 1. The fraction of sp³-hybridized carbons (Fsp3) is 0.0909. The number of carbonyl (C=O) groups is 1. The standard InChI is InChI=1S/C11H8N2O5/c1-6-7(3-2-4-9(6)13(16)17)10-12-8(5-18-10)11(14)15/h2-5H,1H3,(H,14,15). The van der Waals surface area contributed by atoms with Gasteiger partial charge in [0, 0.05) is 17.2 Å². The Morgan fingerprint density at radius 2 is 2.22 bits per heavy atom. The van der Waals surface area contributed by atoms with Crippen LogP contribution in [0.1, 0.15) is 16.1 Å². The van der Waals surface area contributed by atoms with E-state index in [0.29, 0.717) is 11.1 Å². The van der Waals surface area contributed by atoms with Crippen LogP contribution < -0.4 is 0 Å². The van der Waals surface area contributed by atoms with Gasteiger partial charge in [-0.1, -0.05) is 6.07 Å². The molecular weight excluding hydrogens is 240 g/mol. The van der Waals surface area contributed by atoms with Crippen molar-refractivity contribution < 1.29 is 19.2 Å². The number of nitrogens with zero attached hydrogens (tertiary/aromatic N) is 2. The molecule has 0 aliphatic heterocycles. The van der Waals surface area contributed by atoms with Crippen LogP contribution in [0.4, 0.5) is 5.69 Å². The van der Waals surface area contributed by atoms with Crippen molar-refractivity contribution in [3.05, 3.63) is 45.8 Å². The molecule has 92 valence electrons. The van der Waals surface area contributed by atoms with Crippen LogP contribution in [0.3, 0.4) is 0 Å².